The molecule has 4 saturated carbocycles. The van der Waals surface area contributed by atoms with Crippen LogP contribution in [0.3, 0.4) is 0 Å². The Morgan fingerprint density at radius 2 is 1.50 bits per heavy atom. The first-order valence-electron chi connectivity index (χ1n) is 10.7. The maximum atomic E-state index is 12.2. The number of benzene rings is 2. The monoisotopic (exact) mass is 375 g/mol. The first-order chi connectivity index (χ1) is 13.6. The maximum absolute atomic E-state index is 12.2. The number of hydrogen-bond donors (Lipinski definition) is 1. The predicted octanol–water partition coefficient (Wildman–Crippen LogP) is 5.48. The summed E-state index contributed by atoms with van der Waals surface area (Å²) >= 11 is 0. The van der Waals surface area contributed by atoms with Crippen molar-refractivity contribution in [3.05, 3.63) is 59.7 Å². The fraction of sp³-hybridized carbons (Fsp3) is 0.480. The third-order valence-electron chi connectivity index (χ3n) is 7.21. The van der Waals surface area contributed by atoms with Gasteiger partial charge in [-0.05, 0) is 98.4 Å². The summed E-state index contributed by atoms with van der Waals surface area (Å²) in [6.45, 7) is 2.06. The highest BCUT2D eigenvalue weighted by atomic mass is 16.5. The summed E-state index contributed by atoms with van der Waals surface area (Å²) in [4.78, 5) is 12.2. The van der Waals surface area contributed by atoms with Crippen molar-refractivity contribution in [1.82, 2.24) is 0 Å². The van der Waals surface area contributed by atoms with Crippen LogP contribution in [0.2, 0.25) is 0 Å². The molecular formula is C25H29NO2. The van der Waals surface area contributed by atoms with Crippen LogP contribution >= 0.6 is 0 Å². The van der Waals surface area contributed by atoms with E-state index in [2.05, 4.69) is 29.6 Å². The van der Waals surface area contributed by atoms with E-state index in [9.17, 15) is 4.79 Å². The molecule has 4 fully saturated rings. The van der Waals surface area contributed by atoms with Gasteiger partial charge in [0.25, 0.3) is 5.91 Å². The molecular weight excluding hydrogens is 346 g/mol. The zero-order valence-electron chi connectivity index (χ0n) is 16.6. The molecule has 0 atom stereocenters. The summed E-state index contributed by atoms with van der Waals surface area (Å²) in [5, 5.41) is 2.96. The Bertz CT molecular complexity index is 818. The lowest BCUT2D eigenvalue weighted by Crippen LogP contribution is -2.48. The lowest BCUT2D eigenvalue weighted by molar-refractivity contribution is -0.118. The third kappa shape index (κ3) is 3.43. The van der Waals surface area contributed by atoms with Gasteiger partial charge in [-0.25, -0.2) is 0 Å². The molecule has 28 heavy (non-hydrogen) atoms. The Labute approximate surface area is 167 Å². The highest BCUT2D eigenvalue weighted by molar-refractivity contribution is 5.91. The Hall–Kier alpha value is -2.29. The van der Waals surface area contributed by atoms with E-state index in [1.165, 1.54) is 49.7 Å². The first-order valence-corrected chi connectivity index (χ1v) is 10.7. The molecule has 4 aliphatic rings. The number of anilines is 1. The number of hydrogen-bond acceptors (Lipinski definition) is 2. The van der Waals surface area contributed by atoms with Crippen LogP contribution in [-0.2, 0) is 10.2 Å². The predicted molar refractivity (Wildman–Crippen MR) is 112 cm³/mol. The zero-order chi connectivity index (χ0) is 19.1. The van der Waals surface area contributed by atoms with Crippen LogP contribution in [0, 0.1) is 24.7 Å². The molecule has 0 saturated heterocycles. The lowest BCUT2D eigenvalue weighted by Gasteiger charge is -2.57. The van der Waals surface area contributed by atoms with Crippen molar-refractivity contribution < 1.29 is 9.53 Å². The van der Waals surface area contributed by atoms with Crippen molar-refractivity contribution in [2.24, 2.45) is 17.8 Å². The Kier molecular flexibility index (Phi) is 4.41. The second-order valence-electron chi connectivity index (χ2n) is 9.43. The summed E-state index contributed by atoms with van der Waals surface area (Å²) in [6, 6.07) is 16.4. The van der Waals surface area contributed by atoms with Crippen molar-refractivity contribution in [2.75, 3.05) is 11.9 Å². The van der Waals surface area contributed by atoms with Crippen LogP contribution in [0.15, 0.2) is 48.5 Å². The zero-order valence-corrected chi connectivity index (χ0v) is 16.6. The molecule has 2 aromatic rings. The molecule has 4 aliphatic carbocycles. The van der Waals surface area contributed by atoms with E-state index in [4.69, 9.17) is 4.74 Å². The van der Waals surface area contributed by atoms with Crippen molar-refractivity contribution in [1.29, 1.82) is 0 Å². The molecule has 146 valence electrons. The molecule has 6 rings (SSSR count). The minimum absolute atomic E-state index is 0.0276. The van der Waals surface area contributed by atoms with E-state index in [-0.39, 0.29) is 12.5 Å². The van der Waals surface area contributed by atoms with Gasteiger partial charge in [-0.15, -0.1) is 0 Å². The first kappa shape index (κ1) is 17.8. The quantitative estimate of drug-likeness (QED) is 0.751. The molecule has 1 N–H and O–H groups in total. The van der Waals surface area contributed by atoms with Gasteiger partial charge in [0.2, 0.25) is 0 Å². The maximum Gasteiger partial charge on any atom is 0.262 e. The van der Waals surface area contributed by atoms with Gasteiger partial charge in [0.1, 0.15) is 5.75 Å². The molecule has 0 unspecified atom stereocenters. The summed E-state index contributed by atoms with van der Waals surface area (Å²) < 4.78 is 5.57. The smallest absolute Gasteiger partial charge is 0.262 e. The summed E-state index contributed by atoms with van der Waals surface area (Å²) in [5.74, 6) is 3.44. The topological polar surface area (TPSA) is 38.3 Å². The van der Waals surface area contributed by atoms with Gasteiger partial charge in [0, 0.05) is 5.69 Å². The number of carbonyl (C=O) groups is 1. The average molecular weight is 376 g/mol. The molecule has 4 bridgehead atoms. The molecule has 0 spiro atoms. The summed E-state index contributed by atoms with van der Waals surface area (Å²) in [7, 11) is 0. The third-order valence-corrected chi connectivity index (χ3v) is 7.21. The number of ether oxygens (including phenoxy) is 1. The number of aryl methyl sites for hydroxylation is 1. The Balaban J connectivity index is 1.21. The van der Waals surface area contributed by atoms with E-state index < -0.39 is 0 Å². The highest BCUT2D eigenvalue weighted by Crippen LogP contribution is 2.60. The van der Waals surface area contributed by atoms with E-state index in [1.807, 2.05) is 31.2 Å². The van der Waals surface area contributed by atoms with Gasteiger partial charge in [-0.1, -0.05) is 29.8 Å². The van der Waals surface area contributed by atoms with Crippen LogP contribution in [0.5, 0.6) is 5.75 Å². The second-order valence-corrected chi connectivity index (χ2v) is 9.43. The van der Waals surface area contributed by atoms with Crippen LogP contribution in [0.25, 0.3) is 0 Å². The van der Waals surface area contributed by atoms with E-state index in [1.54, 1.807) is 0 Å². The van der Waals surface area contributed by atoms with Crippen LogP contribution in [0.1, 0.15) is 49.7 Å². The fourth-order valence-electron chi connectivity index (χ4n) is 6.35. The van der Waals surface area contributed by atoms with Crippen LogP contribution < -0.4 is 10.1 Å². The van der Waals surface area contributed by atoms with Crippen molar-refractivity contribution >= 4 is 11.6 Å². The minimum Gasteiger partial charge on any atom is -0.484 e. The van der Waals surface area contributed by atoms with E-state index >= 15 is 0 Å². The van der Waals surface area contributed by atoms with Crippen molar-refractivity contribution in [3.8, 4) is 5.75 Å². The minimum atomic E-state index is -0.122. The molecule has 0 radical (unpaired) electrons. The van der Waals surface area contributed by atoms with Gasteiger partial charge in [0.15, 0.2) is 6.61 Å². The van der Waals surface area contributed by atoms with Gasteiger partial charge < -0.3 is 10.1 Å². The molecule has 0 heterocycles. The van der Waals surface area contributed by atoms with Crippen molar-refractivity contribution in [3.63, 3.8) is 0 Å². The van der Waals surface area contributed by atoms with Gasteiger partial charge in [-0.3, -0.25) is 4.79 Å². The average Bonchev–Trinajstić information content (AvgIpc) is 2.67. The normalized spacial score (nSPS) is 30.2. The standard InChI is InChI=1S/C25H29NO2/c1-17-2-8-23(9-3-17)28-16-24(27)26-22-6-4-21(5-7-22)25-13-18-10-19(14-25)12-20(11-18)15-25/h2-9,18-20H,10-16H2,1H3,(H,26,27). The number of nitrogens with one attached hydrogen (secondary N) is 1. The molecule has 2 aromatic carbocycles. The SMILES string of the molecule is Cc1ccc(OCC(=O)Nc2ccc(C34CC5CC(CC(C5)C3)C4)cc2)cc1. The highest BCUT2D eigenvalue weighted by Gasteiger charge is 2.51. The second kappa shape index (κ2) is 6.95. The lowest BCUT2D eigenvalue weighted by atomic mass is 9.48. The van der Waals surface area contributed by atoms with Crippen LogP contribution in [0.4, 0.5) is 5.69 Å². The summed E-state index contributed by atoms with van der Waals surface area (Å²) in [6.07, 6.45) is 8.51. The molecule has 1 amide bonds. The number of amides is 1. The number of carbonyl (C=O) groups excluding carboxylic acids is 1. The Morgan fingerprint density at radius 1 is 0.929 bits per heavy atom. The fourth-order valence-corrected chi connectivity index (χ4v) is 6.35. The van der Waals surface area contributed by atoms with Crippen LogP contribution in [-0.4, -0.2) is 12.5 Å². The van der Waals surface area contributed by atoms with Gasteiger partial charge >= 0.3 is 0 Å². The molecule has 0 aromatic heterocycles. The molecule has 3 heteroatoms. The van der Waals surface area contributed by atoms with E-state index in [0.29, 0.717) is 5.41 Å². The van der Waals surface area contributed by atoms with Gasteiger partial charge in [-0.2, -0.15) is 0 Å². The molecule has 3 nitrogen and oxygen atoms in total. The Morgan fingerprint density at radius 3 is 2.07 bits per heavy atom. The largest absolute Gasteiger partial charge is 0.484 e. The summed E-state index contributed by atoms with van der Waals surface area (Å²) in [5.41, 5.74) is 3.92. The number of rotatable bonds is 5. The molecule has 0 aliphatic heterocycles. The van der Waals surface area contributed by atoms with Crippen molar-refractivity contribution in [2.45, 2.75) is 50.9 Å². The van der Waals surface area contributed by atoms with E-state index in [0.717, 1.165) is 29.2 Å². The van der Waals surface area contributed by atoms with Gasteiger partial charge in [0.05, 0.1) is 0 Å².